The van der Waals surface area contributed by atoms with Crippen LogP contribution in [0.15, 0.2) is 0 Å². The molecule has 0 aromatic carbocycles. The van der Waals surface area contributed by atoms with Crippen LogP contribution in [0, 0.1) is 6.92 Å². The molecule has 2 heterocycles. The van der Waals surface area contributed by atoms with Crippen molar-refractivity contribution in [3.05, 3.63) is 15.7 Å². The number of methoxy groups -OCH3 is 1. The number of anilines is 1. The van der Waals surface area contributed by atoms with E-state index in [1.807, 2.05) is 20.8 Å². The van der Waals surface area contributed by atoms with Crippen molar-refractivity contribution in [3.8, 4) is 0 Å². The zero-order chi connectivity index (χ0) is 17.0. The van der Waals surface area contributed by atoms with Crippen LogP contribution in [0.1, 0.15) is 29.1 Å². The van der Waals surface area contributed by atoms with Crippen LogP contribution in [0.5, 0.6) is 0 Å². The van der Waals surface area contributed by atoms with Gasteiger partial charge >= 0.3 is 5.97 Å². The fourth-order valence-electron chi connectivity index (χ4n) is 2.32. The molecule has 0 aliphatic rings. The zero-order valence-electron chi connectivity index (χ0n) is 13.7. The second kappa shape index (κ2) is 7.90. The summed E-state index contributed by atoms with van der Waals surface area (Å²) in [5, 5.41) is 1.04. The van der Waals surface area contributed by atoms with E-state index in [1.165, 1.54) is 11.3 Å². The highest BCUT2D eigenvalue weighted by atomic mass is 35.5. The Bertz CT molecular complexity index is 701. The number of rotatable bonds is 7. The van der Waals surface area contributed by atoms with Crippen molar-refractivity contribution < 1.29 is 14.3 Å². The van der Waals surface area contributed by atoms with E-state index in [0.717, 1.165) is 29.9 Å². The van der Waals surface area contributed by atoms with E-state index >= 15 is 0 Å². The third-order valence-electron chi connectivity index (χ3n) is 3.51. The predicted octanol–water partition coefficient (Wildman–Crippen LogP) is 3.30. The summed E-state index contributed by atoms with van der Waals surface area (Å²) in [5.41, 5.74) is 0.825. The Labute approximate surface area is 144 Å². The first kappa shape index (κ1) is 17.9. The molecule has 0 radical (unpaired) electrons. The van der Waals surface area contributed by atoms with Gasteiger partial charge in [0.1, 0.15) is 22.1 Å². The van der Waals surface area contributed by atoms with E-state index in [9.17, 15) is 4.79 Å². The van der Waals surface area contributed by atoms with Gasteiger partial charge in [-0.25, -0.2) is 9.78 Å². The molecule has 0 aliphatic heterocycles. The lowest BCUT2D eigenvalue weighted by atomic mass is 10.2. The standard InChI is InChI=1S/C15H20ClN3O3S/c1-5-19(6-2)12-10-9(3)11(14(20)22-8-7-21-4)23-13(10)18-15(16)17-12/h5-8H2,1-4H3. The lowest BCUT2D eigenvalue weighted by Gasteiger charge is -2.20. The van der Waals surface area contributed by atoms with Crippen LogP contribution in [0.3, 0.4) is 0 Å². The van der Waals surface area contributed by atoms with Gasteiger partial charge in [0.05, 0.1) is 12.0 Å². The first-order chi connectivity index (χ1) is 11.0. The summed E-state index contributed by atoms with van der Waals surface area (Å²) < 4.78 is 10.1. The maximum Gasteiger partial charge on any atom is 0.348 e. The third kappa shape index (κ3) is 3.73. The quantitative estimate of drug-likeness (QED) is 0.430. The molecule has 23 heavy (non-hydrogen) atoms. The van der Waals surface area contributed by atoms with Crippen LogP contribution >= 0.6 is 22.9 Å². The van der Waals surface area contributed by atoms with Gasteiger partial charge in [-0.05, 0) is 37.9 Å². The molecular weight excluding hydrogens is 338 g/mol. The molecule has 8 heteroatoms. The first-order valence-electron chi connectivity index (χ1n) is 7.41. The summed E-state index contributed by atoms with van der Waals surface area (Å²) in [7, 11) is 1.56. The Kier molecular flexibility index (Phi) is 6.15. The zero-order valence-corrected chi connectivity index (χ0v) is 15.3. The van der Waals surface area contributed by atoms with Crippen LogP contribution in [0.4, 0.5) is 5.82 Å². The number of nitrogens with zero attached hydrogens (tertiary/aromatic N) is 3. The van der Waals surface area contributed by atoms with Crippen LogP contribution in [-0.4, -0.2) is 49.4 Å². The maximum atomic E-state index is 12.3. The Morgan fingerprint density at radius 3 is 2.57 bits per heavy atom. The lowest BCUT2D eigenvalue weighted by molar-refractivity contribution is 0.0393. The second-order valence-corrected chi connectivity index (χ2v) is 6.19. The van der Waals surface area contributed by atoms with Crippen molar-refractivity contribution in [3.63, 3.8) is 0 Å². The number of esters is 1. The third-order valence-corrected chi connectivity index (χ3v) is 4.85. The number of carbonyl (C=O) groups is 1. The number of carbonyl (C=O) groups excluding carboxylic acids is 1. The molecule has 0 N–H and O–H groups in total. The Hall–Kier alpha value is -1.44. The highest BCUT2D eigenvalue weighted by Crippen LogP contribution is 2.36. The summed E-state index contributed by atoms with van der Waals surface area (Å²) in [6.07, 6.45) is 0. The van der Waals surface area contributed by atoms with Crippen molar-refractivity contribution in [2.75, 3.05) is 38.3 Å². The second-order valence-electron chi connectivity index (χ2n) is 4.85. The molecule has 0 amide bonds. The number of hydrogen-bond acceptors (Lipinski definition) is 7. The largest absolute Gasteiger partial charge is 0.459 e. The van der Waals surface area contributed by atoms with E-state index in [0.29, 0.717) is 16.3 Å². The van der Waals surface area contributed by atoms with Gasteiger partial charge in [0, 0.05) is 20.2 Å². The minimum atomic E-state index is -0.371. The smallest absolute Gasteiger partial charge is 0.348 e. The number of aryl methyl sites for hydroxylation is 1. The summed E-state index contributed by atoms with van der Waals surface area (Å²) in [4.78, 5) is 24.2. The van der Waals surface area contributed by atoms with Gasteiger partial charge in [-0.15, -0.1) is 11.3 Å². The lowest BCUT2D eigenvalue weighted by Crippen LogP contribution is -2.23. The van der Waals surface area contributed by atoms with Crippen LogP contribution in [0.25, 0.3) is 10.2 Å². The SMILES string of the molecule is CCN(CC)c1nc(Cl)nc2sc(C(=O)OCCOC)c(C)c12. The average Bonchev–Trinajstić information content (AvgIpc) is 2.85. The van der Waals surface area contributed by atoms with Gasteiger partial charge in [0.2, 0.25) is 5.28 Å². The van der Waals surface area contributed by atoms with E-state index in [-0.39, 0.29) is 17.9 Å². The normalized spacial score (nSPS) is 11.0. The molecular formula is C15H20ClN3O3S. The van der Waals surface area contributed by atoms with Gasteiger partial charge in [-0.2, -0.15) is 4.98 Å². The van der Waals surface area contributed by atoms with E-state index < -0.39 is 0 Å². The molecule has 0 saturated carbocycles. The highest BCUT2D eigenvalue weighted by molar-refractivity contribution is 7.20. The summed E-state index contributed by atoms with van der Waals surface area (Å²) >= 11 is 7.33. The number of hydrogen-bond donors (Lipinski definition) is 0. The number of ether oxygens (including phenoxy) is 2. The Morgan fingerprint density at radius 1 is 1.26 bits per heavy atom. The average molecular weight is 358 g/mol. The van der Waals surface area contributed by atoms with Gasteiger partial charge in [0.15, 0.2) is 0 Å². The molecule has 6 nitrogen and oxygen atoms in total. The maximum absolute atomic E-state index is 12.3. The first-order valence-corrected chi connectivity index (χ1v) is 8.60. The minimum absolute atomic E-state index is 0.181. The number of aromatic nitrogens is 2. The fraction of sp³-hybridized carbons (Fsp3) is 0.533. The molecule has 2 aromatic rings. The molecule has 0 atom stereocenters. The van der Waals surface area contributed by atoms with Crippen LogP contribution < -0.4 is 4.90 Å². The van der Waals surface area contributed by atoms with Crippen molar-refractivity contribution in [1.29, 1.82) is 0 Å². The van der Waals surface area contributed by atoms with Crippen molar-refractivity contribution in [2.45, 2.75) is 20.8 Å². The molecule has 2 aromatic heterocycles. The topological polar surface area (TPSA) is 64.6 Å². The van der Waals surface area contributed by atoms with Crippen LogP contribution in [0.2, 0.25) is 5.28 Å². The number of thiophene rings is 1. The fourth-order valence-corrected chi connectivity index (χ4v) is 3.61. The van der Waals surface area contributed by atoms with Gasteiger partial charge in [-0.1, -0.05) is 0 Å². The monoisotopic (exact) mass is 357 g/mol. The highest BCUT2D eigenvalue weighted by Gasteiger charge is 2.23. The molecule has 0 unspecified atom stereocenters. The van der Waals surface area contributed by atoms with E-state index in [2.05, 4.69) is 14.9 Å². The molecule has 0 spiro atoms. The number of halogens is 1. The van der Waals surface area contributed by atoms with Gasteiger partial charge < -0.3 is 14.4 Å². The van der Waals surface area contributed by atoms with Crippen molar-refractivity contribution in [2.24, 2.45) is 0 Å². The Morgan fingerprint density at radius 2 is 1.96 bits per heavy atom. The summed E-state index contributed by atoms with van der Waals surface area (Å²) in [6.45, 7) is 8.16. The van der Waals surface area contributed by atoms with Gasteiger partial charge in [0.25, 0.3) is 0 Å². The van der Waals surface area contributed by atoms with E-state index in [4.69, 9.17) is 21.1 Å². The predicted molar refractivity (Wildman–Crippen MR) is 92.9 cm³/mol. The molecule has 2 rings (SSSR count). The van der Waals surface area contributed by atoms with Crippen LogP contribution in [-0.2, 0) is 9.47 Å². The molecule has 0 bridgehead atoms. The summed E-state index contributed by atoms with van der Waals surface area (Å²) in [5.74, 6) is 0.388. The molecule has 126 valence electrons. The van der Waals surface area contributed by atoms with Crippen molar-refractivity contribution >= 4 is 44.9 Å². The molecule has 0 saturated heterocycles. The van der Waals surface area contributed by atoms with E-state index in [1.54, 1.807) is 7.11 Å². The Balaban J connectivity index is 2.48. The van der Waals surface area contributed by atoms with Crippen molar-refractivity contribution in [1.82, 2.24) is 9.97 Å². The molecule has 0 fully saturated rings. The summed E-state index contributed by atoms with van der Waals surface area (Å²) in [6, 6.07) is 0. The molecule has 0 aliphatic carbocycles. The minimum Gasteiger partial charge on any atom is -0.459 e. The number of fused-ring (bicyclic) bond motifs is 1. The van der Waals surface area contributed by atoms with Gasteiger partial charge in [-0.3, -0.25) is 0 Å².